The van der Waals surface area contributed by atoms with E-state index in [1.165, 1.54) is 31.4 Å². The number of sulfone groups is 1. The number of tetrazole rings is 1. The second kappa shape index (κ2) is 14.4. The van der Waals surface area contributed by atoms with Crippen molar-refractivity contribution in [3.05, 3.63) is 105 Å². The van der Waals surface area contributed by atoms with Crippen molar-refractivity contribution in [3.63, 3.8) is 0 Å². The molecule has 2 aromatic heterocycles. The Hall–Kier alpha value is -4.33. The summed E-state index contributed by atoms with van der Waals surface area (Å²) in [6.45, 7) is 0.379. The summed E-state index contributed by atoms with van der Waals surface area (Å²) < 4.78 is 37.5. The molecule has 5 aromatic rings. The van der Waals surface area contributed by atoms with Gasteiger partial charge in [-0.15, -0.1) is 16.4 Å². The Kier molecular flexibility index (Phi) is 9.91. The van der Waals surface area contributed by atoms with Gasteiger partial charge in [0.2, 0.25) is 0 Å². The normalized spacial score (nSPS) is 13.2. The topological polar surface area (TPSA) is 149 Å². The number of hydrogen-bond acceptors (Lipinski definition) is 10. The van der Waals surface area contributed by atoms with Crippen molar-refractivity contribution in [2.24, 2.45) is 0 Å². The number of nitrogens with zero attached hydrogens (tertiary/aromatic N) is 4. The monoisotopic (exact) mass is 678 g/mol. The Balaban J connectivity index is 1.12. The number of benzene rings is 3. The van der Waals surface area contributed by atoms with Gasteiger partial charge >= 0.3 is 0 Å². The lowest BCUT2D eigenvalue weighted by Gasteiger charge is -2.22. The van der Waals surface area contributed by atoms with Crippen LogP contribution in [0.15, 0.2) is 77.0 Å². The van der Waals surface area contributed by atoms with Gasteiger partial charge in [-0.25, -0.2) is 18.5 Å². The molecule has 0 bridgehead atoms. The zero-order valence-corrected chi connectivity index (χ0v) is 27.1. The van der Waals surface area contributed by atoms with E-state index in [0.29, 0.717) is 59.0 Å². The molecule has 1 amide bonds. The summed E-state index contributed by atoms with van der Waals surface area (Å²) in [7, 11) is -3.47. The van der Waals surface area contributed by atoms with Crippen LogP contribution < -0.4 is 14.8 Å². The number of ether oxygens (including phenoxy) is 2. The largest absolute Gasteiger partial charge is 0.486 e. The van der Waals surface area contributed by atoms with Crippen molar-refractivity contribution >= 4 is 44.4 Å². The van der Waals surface area contributed by atoms with Crippen molar-refractivity contribution in [3.8, 4) is 11.5 Å². The zero-order valence-electron chi connectivity index (χ0n) is 24.7. The summed E-state index contributed by atoms with van der Waals surface area (Å²) in [5, 5.41) is 20.0. The lowest BCUT2D eigenvalue weighted by Crippen LogP contribution is -2.14. The molecule has 0 spiro atoms. The fourth-order valence-corrected chi connectivity index (χ4v) is 7.14. The molecule has 3 aromatic carbocycles. The highest BCUT2D eigenvalue weighted by Crippen LogP contribution is 2.36. The molecule has 2 N–H and O–H groups in total. The summed E-state index contributed by atoms with van der Waals surface area (Å²) in [6.07, 6.45) is 4.49. The molecule has 0 radical (unpaired) electrons. The maximum Gasteiger partial charge on any atom is 0.255 e. The predicted molar refractivity (Wildman–Crippen MR) is 174 cm³/mol. The van der Waals surface area contributed by atoms with Crippen LogP contribution in [0.1, 0.15) is 64.0 Å². The van der Waals surface area contributed by atoms with Crippen LogP contribution in [-0.2, 0) is 29.5 Å². The molecule has 1 aliphatic rings. The molecular formula is C32H31ClN6O5S2. The van der Waals surface area contributed by atoms with Gasteiger partial charge in [0.1, 0.15) is 29.7 Å². The summed E-state index contributed by atoms with van der Waals surface area (Å²) in [4.78, 5) is 18.4. The van der Waals surface area contributed by atoms with Crippen LogP contribution in [0.2, 0.25) is 5.02 Å². The van der Waals surface area contributed by atoms with E-state index in [-0.39, 0.29) is 23.2 Å². The standard InChI is InChI=1S/C32H31ClN6O5S2/c33-24-10-12-26(13-11-24)46(41,42)15-3-4-21-9-14-29(44-18-30-36-38-39-37-30)27(16-21)35-32(40)23-7-2-8-25(17-23)43-19-31-34-28(20-45-31)22-5-1-6-22/h2,7-14,16-17,20,22H,1,3-6,15,18-19H2,(H,35,40)(H,36,37,38,39). The van der Waals surface area contributed by atoms with E-state index in [2.05, 4.69) is 31.3 Å². The third-order valence-corrected chi connectivity index (χ3v) is 10.6. The number of carbonyl (C=O) groups excluding carboxylic acids is 1. The van der Waals surface area contributed by atoms with Crippen molar-refractivity contribution < 1.29 is 22.7 Å². The summed E-state index contributed by atoms with van der Waals surface area (Å²) >= 11 is 7.49. The van der Waals surface area contributed by atoms with Crippen LogP contribution in [0.25, 0.3) is 0 Å². The lowest BCUT2D eigenvalue weighted by molar-refractivity contribution is 0.102. The molecule has 6 rings (SSSR count). The Bertz CT molecular complexity index is 1890. The highest BCUT2D eigenvalue weighted by atomic mass is 35.5. The van der Waals surface area contributed by atoms with Crippen molar-refractivity contribution in [2.45, 2.75) is 56.1 Å². The average Bonchev–Trinajstić information content (AvgIpc) is 3.72. The van der Waals surface area contributed by atoms with Gasteiger partial charge in [-0.2, -0.15) is 0 Å². The van der Waals surface area contributed by atoms with Crippen LogP contribution in [0.5, 0.6) is 11.5 Å². The number of aromatic nitrogens is 5. The first-order valence-electron chi connectivity index (χ1n) is 14.8. The molecule has 0 unspecified atom stereocenters. The average molecular weight is 679 g/mol. The number of H-pyrrole nitrogens is 1. The van der Waals surface area contributed by atoms with E-state index in [1.807, 2.05) is 6.07 Å². The first-order valence-corrected chi connectivity index (χ1v) is 17.7. The molecule has 46 heavy (non-hydrogen) atoms. The van der Waals surface area contributed by atoms with Gasteiger partial charge in [0.15, 0.2) is 15.7 Å². The minimum atomic E-state index is -3.47. The van der Waals surface area contributed by atoms with Crippen molar-refractivity contribution in [2.75, 3.05) is 11.1 Å². The lowest BCUT2D eigenvalue weighted by atomic mass is 9.83. The first-order chi connectivity index (χ1) is 22.3. The molecule has 0 saturated heterocycles. The number of amides is 1. The molecule has 238 valence electrons. The number of hydrogen-bond donors (Lipinski definition) is 2. The molecule has 14 heteroatoms. The third-order valence-electron chi connectivity index (χ3n) is 7.65. The fourth-order valence-electron chi connectivity index (χ4n) is 4.92. The first kappa shape index (κ1) is 31.6. The number of rotatable bonds is 14. The summed E-state index contributed by atoms with van der Waals surface area (Å²) in [6, 6.07) is 18.4. The van der Waals surface area contributed by atoms with Crippen molar-refractivity contribution in [1.29, 1.82) is 0 Å². The molecule has 11 nitrogen and oxygen atoms in total. The third kappa shape index (κ3) is 8.08. The summed E-state index contributed by atoms with van der Waals surface area (Å²) in [5.41, 5.74) is 2.80. The molecule has 1 saturated carbocycles. The van der Waals surface area contributed by atoms with Gasteiger partial charge in [0, 0.05) is 21.9 Å². The van der Waals surface area contributed by atoms with Gasteiger partial charge in [-0.3, -0.25) is 4.79 Å². The van der Waals surface area contributed by atoms with E-state index >= 15 is 0 Å². The second-order valence-corrected chi connectivity index (χ2v) is 14.4. The number of nitrogens with one attached hydrogen (secondary N) is 2. The van der Waals surface area contributed by atoms with Crippen LogP contribution in [-0.4, -0.2) is 45.7 Å². The Labute approximate surface area is 275 Å². The quantitative estimate of drug-likeness (QED) is 0.136. The highest BCUT2D eigenvalue weighted by Gasteiger charge is 2.22. The smallest absolute Gasteiger partial charge is 0.255 e. The second-order valence-electron chi connectivity index (χ2n) is 10.9. The van der Waals surface area contributed by atoms with Gasteiger partial charge in [0.25, 0.3) is 5.91 Å². The molecule has 1 fully saturated rings. The number of aryl methyl sites for hydroxylation is 1. The van der Waals surface area contributed by atoms with Crippen LogP contribution >= 0.6 is 22.9 Å². The number of aromatic amines is 1. The number of carbonyl (C=O) groups is 1. The van der Waals surface area contributed by atoms with Gasteiger partial charge in [0.05, 0.1) is 22.0 Å². The molecular weight excluding hydrogens is 648 g/mol. The Morgan fingerprint density at radius 2 is 1.89 bits per heavy atom. The van der Waals surface area contributed by atoms with Gasteiger partial charge < -0.3 is 14.8 Å². The van der Waals surface area contributed by atoms with Crippen molar-refractivity contribution in [1.82, 2.24) is 25.6 Å². The van der Waals surface area contributed by atoms with E-state index in [4.69, 9.17) is 26.1 Å². The maximum absolute atomic E-state index is 13.4. The minimum absolute atomic E-state index is 0.0389. The SMILES string of the molecule is O=C(Nc1cc(CCCS(=O)(=O)c2ccc(Cl)cc2)ccc1OCc1nnn[nH]1)c1cccc(OCc2nc(C3CCC3)cs2)c1. The Morgan fingerprint density at radius 3 is 2.65 bits per heavy atom. The molecule has 1 aliphatic carbocycles. The van der Waals surface area contributed by atoms with Crippen LogP contribution in [0.4, 0.5) is 5.69 Å². The number of halogens is 1. The van der Waals surface area contributed by atoms with Gasteiger partial charge in [-0.05, 0) is 96.3 Å². The van der Waals surface area contributed by atoms with E-state index in [0.717, 1.165) is 16.3 Å². The van der Waals surface area contributed by atoms with E-state index in [1.54, 1.807) is 59.9 Å². The van der Waals surface area contributed by atoms with Crippen LogP contribution in [0.3, 0.4) is 0 Å². The molecule has 0 aliphatic heterocycles. The zero-order chi connectivity index (χ0) is 31.9. The number of anilines is 1. The van der Waals surface area contributed by atoms with Gasteiger partial charge in [-0.1, -0.05) is 30.2 Å². The highest BCUT2D eigenvalue weighted by molar-refractivity contribution is 7.91. The van der Waals surface area contributed by atoms with E-state index in [9.17, 15) is 13.2 Å². The molecule has 2 heterocycles. The predicted octanol–water partition coefficient (Wildman–Crippen LogP) is 6.39. The van der Waals surface area contributed by atoms with E-state index < -0.39 is 9.84 Å². The Morgan fingerprint density at radius 1 is 1.04 bits per heavy atom. The maximum atomic E-state index is 13.4. The number of thiazole rings is 1. The molecule has 0 atom stereocenters. The fraction of sp³-hybridized carbons (Fsp3) is 0.281. The minimum Gasteiger partial charge on any atom is -0.486 e. The summed E-state index contributed by atoms with van der Waals surface area (Å²) in [5.74, 6) is 1.54. The van der Waals surface area contributed by atoms with Crippen LogP contribution in [0, 0.1) is 0 Å².